The minimum Gasteiger partial charge on any atom is -0.383 e. The van der Waals surface area contributed by atoms with E-state index in [2.05, 4.69) is 28.5 Å². The van der Waals surface area contributed by atoms with Gasteiger partial charge in [0, 0.05) is 23.0 Å². The number of rotatable bonds is 1. The lowest BCUT2D eigenvalue weighted by molar-refractivity contribution is -0.113. The third-order valence-electron chi connectivity index (χ3n) is 3.64. The fourth-order valence-corrected chi connectivity index (χ4v) is 2.57. The van der Waals surface area contributed by atoms with Crippen molar-refractivity contribution in [3.05, 3.63) is 41.1 Å². The number of hydrogen-bond donors (Lipinski definition) is 2. The molecule has 0 saturated carbocycles. The van der Waals surface area contributed by atoms with Gasteiger partial charge < -0.3 is 10.3 Å². The van der Waals surface area contributed by atoms with Gasteiger partial charge in [-0.3, -0.25) is 4.79 Å². The summed E-state index contributed by atoms with van der Waals surface area (Å²) in [5.74, 6) is 0.115. The molecule has 3 heteroatoms. The number of allylic oxidation sites excluding steroid dienone is 1. The Morgan fingerprint density at radius 3 is 2.78 bits per heavy atom. The second kappa shape index (κ2) is 4.02. The van der Waals surface area contributed by atoms with E-state index in [1.165, 1.54) is 10.9 Å². The molecule has 0 bridgehead atoms. The van der Waals surface area contributed by atoms with Crippen LogP contribution in [0.2, 0.25) is 0 Å². The first-order valence-electron chi connectivity index (χ1n) is 6.24. The number of aromatic nitrogens is 1. The zero-order chi connectivity index (χ0) is 12.7. The van der Waals surface area contributed by atoms with Crippen molar-refractivity contribution in [1.29, 1.82) is 0 Å². The molecule has 0 aliphatic carbocycles. The van der Waals surface area contributed by atoms with Crippen molar-refractivity contribution in [2.75, 3.05) is 6.54 Å². The van der Waals surface area contributed by atoms with Crippen LogP contribution >= 0.6 is 0 Å². The van der Waals surface area contributed by atoms with E-state index in [1.807, 2.05) is 13.0 Å². The largest absolute Gasteiger partial charge is 0.383 e. The summed E-state index contributed by atoms with van der Waals surface area (Å²) in [5.41, 5.74) is 5.29. The van der Waals surface area contributed by atoms with Gasteiger partial charge in [0.05, 0.1) is 11.4 Å². The molecule has 1 aromatic heterocycles. The van der Waals surface area contributed by atoms with Crippen molar-refractivity contribution >= 4 is 22.4 Å². The van der Waals surface area contributed by atoms with Crippen LogP contribution in [0.25, 0.3) is 16.6 Å². The predicted octanol–water partition coefficient (Wildman–Crippen LogP) is 2.63. The summed E-state index contributed by atoms with van der Waals surface area (Å²) in [4.78, 5) is 15.0. The van der Waals surface area contributed by atoms with Crippen molar-refractivity contribution in [3.8, 4) is 0 Å². The van der Waals surface area contributed by atoms with Crippen molar-refractivity contribution in [2.45, 2.75) is 20.3 Å². The van der Waals surface area contributed by atoms with Crippen LogP contribution in [0.3, 0.4) is 0 Å². The molecule has 0 saturated heterocycles. The van der Waals surface area contributed by atoms with Crippen molar-refractivity contribution in [2.24, 2.45) is 0 Å². The third kappa shape index (κ3) is 1.55. The van der Waals surface area contributed by atoms with E-state index >= 15 is 0 Å². The average Bonchev–Trinajstić information content (AvgIpc) is 2.76. The van der Waals surface area contributed by atoms with E-state index in [-0.39, 0.29) is 5.78 Å². The van der Waals surface area contributed by atoms with Gasteiger partial charge in [0.1, 0.15) is 0 Å². The summed E-state index contributed by atoms with van der Waals surface area (Å²) in [6.45, 7) is 4.38. The summed E-state index contributed by atoms with van der Waals surface area (Å²) < 4.78 is 0. The molecule has 0 spiro atoms. The number of benzene rings is 1. The molecule has 2 N–H and O–H groups in total. The molecule has 1 aliphatic rings. The van der Waals surface area contributed by atoms with Gasteiger partial charge in [-0.15, -0.1) is 0 Å². The summed E-state index contributed by atoms with van der Waals surface area (Å²) in [6, 6.07) is 8.30. The molecule has 2 aromatic rings. The average molecular weight is 240 g/mol. The van der Waals surface area contributed by atoms with E-state index in [0.717, 1.165) is 35.4 Å². The third-order valence-corrected chi connectivity index (χ3v) is 3.64. The van der Waals surface area contributed by atoms with E-state index in [9.17, 15) is 4.79 Å². The Morgan fingerprint density at radius 1 is 1.22 bits per heavy atom. The fourth-order valence-electron chi connectivity index (χ4n) is 2.57. The molecule has 3 rings (SSSR count). The first-order chi connectivity index (χ1) is 8.68. The molecule has 0 unspecified atom stereocenters. The number of ketones is 1. The second-order valence-electron chi connectivity index (χ2n) is 4.76. The van der Waals surface area contributed by atoms with Gasteiger partial charge in [0.2, 0.25) is 0 Å². The number of H-pyrrole nitrogens is 1. The maximum absolute atomic E-state index is 11.6. The Balaban J connectivity index is 2.29. The second-order valence-corrected chi connectivity index (χ2v) is 4.76. The lowest BCUT2D eigenvalue weighted by Crippen LogP contribution is -2.24. The molecular weight excluding hydrogens is 224 g/mol. The molecule has 0 fully saturated rings. The van der Waals surface area contributed by atoms with E-state index in [4.69, 9.17) is 0 Å². The predicted molar refractivity (Wildman–Crippen MR) is 73.3 cm³/mol. The maximum atomic E-state index is 11.6. The summed E-state index contributed by atoms with van der Waals surface area (Å²) in [6.07, 6.45) is 0.994. The summed E-state index contributed by atoms with van der Waals surface area (Å²) in [5, 5.41) is 4.61. The van der Waals surface area contributed by atoms with Gasteiger partial charge in [0.15, 0.2) is 5.78 Å². The quantitative estimate of drug-likeness (QED) is 0.753. The van der Waals surface area contributed by atoms with E-state index in [1.54, 1.807) is 6.92 Å². The number of carbonyl (C=O) groups excluding carboxylic acids is 1. The van der Waals surface area contributed by atoms with Crippen LogP contribution in [0, 0.1) is 0 Å². The molecule has 18 heavy (non-hydrogen) atoms. The Labute approximate surface area is 106 Å². The number of nitrogens with one attached hydrogen (secondary N) is 2. The number of fused-ring (bicyclic) bond motifs is 3. The lowest BCUT2D eigenvalue weighted by Gasteiger charge is -2.19. The van der Waals surface area contributed by atoms with Crippen LogP contribution in [0.5, 0.6) is 0 Å². The number of hydrogen-bond acceptors (Lipinski definition) is 2. The first-order valence-corrected chi connectivity index (χ1v) is 6.24. The minimum absolute atomic E-state index is 0.115. The van der Waals surface area contributed by atoms with Crippen LogP contribution in [0.15, 0.2) is 29.8 Å². The van der Waals surface area contributed by atoms with Crippen LogP contribution < -0.4 is 5.32 Å². The van der Waals surface area contributed by atoms with Crippen LogP contribution in [0.1, 0.15) is 25.1 Å². The smallest absolute Gasteiger partial charge is 0.157 e. The van der Waals surface area contributed by atoms with Gasteiger partial charge in [-0.2, -0.15) is 0 Å². The summed E-state index contributed by atoms with van der Waals surface area (Å²) in [7, 11) is 0. The van der Waals surface area contributed by atoms with E-state index < -0.39 is 0 Å². The van der Waals surface area contributed by atoms with Crippen molar-refractivity contribution in [3.63, 3.8) is 0 Å². The number of aromatic amines is 1. The van der Waals surface area contributed by atoms with Gasteiger partial charge >= 0.3 is 0 Å². The molecule has 92 valence electrons. The Bertz CT molecular complexity index is 664. The van der Waals surface area contributed by atoms with Gasteiger partial charge in [-0.05, 0) is 31.9 Å². The first kappa shape index (κ1) is 11.1. The van der Waals surface area contributed by atoms with Crippen LogP contribution in [-0.4, -0.2) is 17.3 Å². The fraction of sp³-hybridized carbons (Fsp3) is 0.267. The standard InChI is InChI=1S/C15H16N2O/c1-9(10(2)18)14-15-12(7-8-16-14)11-5-3-4-6-13(11)17-15/h3-6,16-17H,7-8H2,1-2H3/b14-9-. The molecule has 0 amide bonds. The van der Waals surface area contributed by atoms with Gasteiger partial charge in [-0.1, -0.05) is 18.2 Å². The monoisotopic (exact) mass is 240 g/mol. The highest BCUT2D eigenvalue weighted by atomic mass is 16.1. The van der Waals surface area contributed by atoms with Crippen LogP contribution in [0.4, 0.5) is 0 Å². The van der Waals surface area contributed by atoms with E-state index in [0.29, 0.717) is 0 Å². The van der Waals surface area contributed by atoms with Gasteiger partial charge in [-0.25, -0.2) is 0 Å². The summed E-state index contributed by atoms with van der Waals surface area (Å²) >= 11 is 0. The zero-order valence-corrected chi connectivity index (χ0v) is 10.6. The topological polar surface area (TPSA) is 44.9 Å². The van der Waals surface area contributed by atoms with Crippen LogP contribution in [-0.2, 0) is 11.2 Å². The highest BCUT2D eigenvalue weighted by Gasteiger charge is 2.21. The molecule has 3 nitrogen and oxygen atoms in total. The normalized spacial score (nSPS) is 17.2. The molecule has 1 aromatic carbocycles. The van der Waals surface area contributed by atoms with Gasteiger partial charge in [0.25, 0.3) is 0 Å². The van der Waals surface area contributed by atoms with Crippen molar-refractivity contribution in [1.82, 2.24) is 10.3 Å². The Kier molecular flexibility index (Phi) is 2.47. The highest BCUT2D eigenvalue weighted by molar-refractivity contribution is 6.02. The van der Waals surface area contributed by atoms with Crippen molar-refractivity contribution < 1.29 is 4.79 Å². The SMILES string of the molecule is CC(=O)/C(C)=C1\NCCc2c1[nH]c1ccccc21. The number of Topliss-reactive ketones (excluding diaryl/α,β-unsaturated/α-hetero) is 1. The molecule has 2 heterocycles. The Morgan fingerprint density at radius 2 is 2.00 bits per heavy atom. The maximum Gasteiger partial charge on any atom is 0.157 e. The number of para-hydroxylation sites is 1. The molecule has 0 atom stereocenters. The zero-order valence-electron chi connectivity index (χ0n) is 10.6. The number of carbonyl (C=O) groups is 1. The Hall–Kier alpha value is -2.03. The lowest BCUT2D eigenvalue weighted by atomic mass is 9.99. The highest BCUT2D eigenvalue weighted by Crippen LogP contribution is 2.30. The molecular formula is C15H16N2O. The molecule has 0 radical (unpaired) electrons. The molecule has 1 aliphatic heterocycles. The minimum atomic E-state index is 0.115.